The molecule has 1 aliphatic heterocycles. The second-order valence-electron chi connectivity index (χ2n) is 9.05. The minimum Gasteiger partial charge on any atom is -0.339 e. The first-order valence-corrected chi connectivity index (χ1v) is 11.7. The highest BCUT2D eigenvalue weighted by atomic mass is 16.5. The Morgan fingerprint density at radius 3 is 2.15 bits per heavy atom. The van der Waals surface area contributed by atoms with Gasteiger partial charge in [-0.3, -0.25) is 19.7 Å². The van der Waals surface area contributed by atoms with E-state index < -0.39 is 5.91 Å². The zero-order valence-corrected chi connectivity index (χ0v) is 19.6. The van der Waals surface area contributed by atoms with Gasteiger partial charge in [0.1, 0.15) is 0 Å². The van der Waals surface area contributed by atoms with Crippen LogP contribution >= 0.6 is 0 Å². The number of rotatable bonds is 6. The van der Waals surface area contributed by atoms with Crippen molar-refractivity contribution < 1.29 is 14.8 Å². The van der Waals surface area contributed by atoms with Crippen LogP contribution in [0.15, 0.2) is 78.9 Å². The Balaban J connectivity index is 1.37. The van der Waals surface area contributed by atoms with Gasteiger partial charge in [0.05, 0.1) is 6.42 Å². The second kappa shape index (κ2) is 10.6. The molecule has 0 radical (unpaired) electrons. The normalized spacial score (nSPS) is 18.5. The molecule has 1 saturated heterocycles. The van der Waals surface area contributed by atoms with Crippen molar-refractivity contribution in [3.8, 4) is 11.1 Å². The quantitative estimate of drug-likeness (QED) is 0.431. The summed E-state index contributed by atoms with van der Waals surface area (Å²) in [4.78, 5) is 29.1. The molecule has 0 bridgehead atoms. The molecule has 4 rings (SSSR count). The summed E-state index contributed by atoms with van der Waals surface area (Å²) in [5.74, 6) is -0.363. The fourth-order valence-electron chi connectivity index (χ4n) is 4.69. The highest BCUT2D eigenvalue weighted by Gasteiger charge is 2.31. The third-order valence-electron chi connectivity index (χ3n) is 6.53. The standard InChI is InChI=1S/C28H31N3O3/c1-20-17-30(18-21(2)31(20)19-22-11-13-25(14-12-22)28(33)29-34)27(32)16-23-7-6-10-26(15-23)24-8-4-3-5-9-24/h3-15,20-21,34H,16-19H2,1-2H3,(H,29,33)/t20-,21+. The van der Waals surface area contributed by atoms with Crippen LogP contribution < -0.4 is 5.48 Å². The minimum absolute atomic E-state index is 0.155. The Hall–Kier alpha value is -3.48. The van der Waals surface area contributed by atoms with Gasteiger partial charge in [0.2, 0.25) is 5.91 Å². The molecule has 2 atom stereocenters. The maximum absolute atomic E-state index is 13.2. The van der Waals surface area contributed by atoms with E-state index in [4.69, 9.17) is 5.21 Å². The third-order valence-corrected chi connectivity index (χ3v) is 6.53. The van der Waals surface area contributed by atoms with Crippen LogP contribution in [0.3, 0.4) is 0 Å². The first-order valence-electron chi connectivity index (χ1n) is 11.7. The van der Waals surface area contributed by atoms with Crippen molar-refractivity contribution >= 4 is 11.8 Å². The molecule has 1 fully saturated rings. The Morgan fingerprint density at radius 1 is 0.853 bits per heavy atom. The van der Waals surface area contributed by atoms with Gasteiger partial charge >= 0.3 is 0 Å². The lowest BCUT2D eigenvalue weighted by molar-refractivity contribution is -0.135. The first-order chi connectivity index (χ1) is 16.4. The van der Waals surface area contributed by atoms with E-state index >= 15 is 0 Å². The molecule has 2 amide bonds. The van der Waals surface area contributed by atoms with Crippen molar-refractivity contribution in [1.82, 2.24) is 15.3 Å². The number of nitrogens with one attached hydrogen (secondary N) is 1. The number of benzene rings is 3. The van der Waals surface area contributed by atoms with E-state index in [2.05, 4.69) is 43.0 Å². The molecule has 6 nitrogen and oxygen atoms in total. The van der Waals surface area contributed by atoms with E-state index in [1.807, 2.05) is 47.4 Å². The van der Waals surface area contributed by atoms with Crippen LogP contribution in [0.2, 0.25) is 0 Å². The van der Waals surface area contributed by atoms with Crippen LogP contribution in [0.1, 0.15) is 35.3 Å². The number of hydroxylamine groups is 1. The lowest BCUT2D eigenvalue weighted by Gasteiger charge is -2.44. The summed E-state index contributed by atoms with van der Waals surface area (Å²) < 4.78 is 0. The molecule has 6 heteroatoms. The van der Waals surface area contributed by atoms with E-state index in [1.54, 1.807) is 17.6 Å². The fourth-order valence-corrected chi connectivity index (χ4v) is 4.69. The molecule has 0 aliphatic carbocycles. The Morgan fingerprint density at radius 2 is 1.50 bits per heavy atom. The van der Waals surface area contributed by atoms with Crippen LogP contribution in [0.4, 0.5) is 0 Å². The van der Waals surface area contributed by atoms with E-state index in [1.165, 1.54) is 0 Å². The summed E-state index contributed by atoms with van der Waals surface area (Å²) in [5.41, 5.74) is 6.46. The number of carbonyl (C=O) groups is 2. The molecular formula is C28H31N3O3. The maximum Gasteiger partial charge on any atom is 0.274 e. The highest BCUT2D eigenvalue weighted by molar-refractivity contribution is 5.93. The zero-order chi connectivity index (χ0) is 24.1. The van der Waals surface area contributed by atoms with E-state index in [-0.39, 0.29) is 18.0 Å². The van der Waals surface area contributed by atoms with Crippen molar-refractivity contribution in [1.29, 1.82) is 0 Å². The van der Waals surface area contributed by atoms with Crippen molar-refractivity contribution in [2.24, 2.45) is 0 Å². The van der Waals surface area contributed by atoms with Gasteiger partial charge in [0.25, 0.3) is 5.91 Å². The Kier molecular flexibility index (Phi) is 7.40. The molecule has 0 aromatic heterocycles. The average Bonchev–Trinajstić information content (AvgIpc) is 2.86. The van der Waals surface area contributed by atoms with Crippen LogP contribution in [0.5, 0.6) is 0 Å². The number of amides is 2. The average molecular weight is 458 g/mol. The predicted molar refractivity (Wildman–Crippen MR) is 132 cm³/mol. The van der Waals surface area contributed by atoms with Gasteiger partial charge < -0.3 is 4.90 Å². The summed E-state index contributed by atoms with van der Waals surface area (Å²) >= 11 is 0. The highest BCUT2D eigenvalue weighted by Crippen LogP contribution is 2.23. The second-order valence-corrected chi connectivity index (χ2v) is 9.05. The van der Waals surface area contributed by atoms with E-state index in [0.717, 1.165) is 28.8 Å². The smallest absolute Gasteiger partial charge is 0.274 e. The van der Waals surface area contributed by atoms with Crippen LogP contribution in [-0.4, -0.2) is 52.0 Å². The van der Waals surface area contributed by atoms with Crippen LogP contribution in [-0.2, 0) is 17.8 Å². The van der Waals surface area contributed by atoms with Crippen molar-refractivity contribution in [2.45, 2.75) is 38.9 Å². The predicted octanol–water partition coefficient (Wildman–Crippen LogP) is 4.14. The summed E-state index contributed by atoms with van der Waals surface area (Å²) in [6, 6.07) is 26.1. The molecule has 1 heterocycles. The molecule has 3 aromatic carbocycles. The zero-order valence-electron chi connectivity index (χ0n) is 19.6. The van der Waals surface area contributed by atoms with Gasteiger partial charge in [-0.05, 0) is 48.2 Å². The molecule has 1 aliphatic rings. The first kappa shape index (κ1) is 23.7. The number of hydrogen-bond acceptors (Lipinski definition) is 4. The van der Waals surface area contributed by atoms with Crippen LogP contribution in [0, 0.1) is 0 Å². The number of carbonyl (C=O) groups excluding carboxylic acids is 2. The Labute approximate surface area is 200 Å². The summed E-state index contributed by atoms with van der Waals surface area (Å²) in [7, 11) is 0. The fraction of sp³-hybridized carbons (Fsp3) is 0.286. The summed E-state index contributed by atoms with van der Waals surface area (Å²) in [5, 5.41) is 8.78. The van der Waals surface area contributed by atoms with Gasteiger partial charge in [-0.1, -0.05) is 66.7 Å². The topological polar surface area (TPSA) is 72.9 Å². The monoisotopic (exact) mass is 457 g/mol. The third kappa shape index (κ3) is 5.53. The molecule has 3 aromatic rings. The maximum atomic E-state index is 13.2. The van der Waals surface area contributed by atoms with Gasteiger partial charge in [-0.25, -0.2) is 5.48 Å². The molecule has 0 unspecified atom stereocenters. The number of nitrogens with zero attached hydrogens (tertiary/aromatic N) is 2. The Bertz CT molecular complexity index is 1120. The molecule has 2 N–H and O–H groups in total. The van der Waals surface area contributed by atoms with Crippen molar-refractivity contribution in [3.63, 3.8) is 0 Å². The number of piperazine rings is 1. The molecule has 0 saturated carbocycles. The largest absolute Gasteiger partial charge is 0.339 e. The molecule has 34 heavy (non-hydrogen) atoms. The lowest BCUT2D eigenvalue weighted by atomic mass is 10.0. The lowest BCUT2D eigenvalue weighted by Crippen LogP contribution is -2.57. The van der Waals surface area contributed by atoms with E-state index in [9.17, 15) is 9.59 Å². The van der Waals surface area contributed by atoms with Crippen molar-refractivity contribution in [3.05, 3.63) is 95.6 Å². The van der Waals surface area contributed by atoms with Gasteiger partial charge in [-0.2, -0.15) is 0 Å². The SMILES string of the molecule is C[C@@H]1CN(C(=O)Cc2cccc(-c3ccccc3)c2)C[C@H](C)N1Cc1ccc(C(=O)NO)cc1. The molecule has 0 spiro atoms. The number of hydrogen-bond donors (Lipinski definition) is 2. The molecule has 176 valence electrons. The van der Waals surface area contributed by atoms with E-state index in [0.29, 0.717) is 25.1 Å². The summed E-state index contributed by atoms with van der Waals surface area (Å²) in [6.07, 6.45) is 0.397. The van der Waals surface area contributed by atoms with Gasteiger partial charge in [0.15, 0.2) is 0 Å². The summed E-state index contributed by atoms with van der Waals surface area (Å²) in [6.45, 7) is 6.42. The van der Waals surface area contributed by atoms with Crippen LogP contribution in [0.25, 0.3) is 11.1 Å². The van der Waals surface area contributed by atoms with Crippen molar-refractivity contribution in [2.75, 3.05) is 13.1 Å². The molecular weight excluding hydrogens is 426 g/mol. The van der Waals surface area contributed by atoms with Gasteiger partial charge in [-0.15, -0.1) is 0 Å². The minimum atomic E-state index is -0.519. The van der Waals surface area contributed by atoms with Gasteiger partial charge in [0, 0.05) is 37.3 Å².